The van der Waals surface area contributed by atoms with Gasteiger partial charge in [-0.25, -0.2) is 18.0 Å². The molecule has 1 unspecified atom stereocenters. The molecule has 3 N–H and O–H groups in total. The minimum atomic E-state index is -4.84. The van der Waals surface area contributed by atoms with Crippen molar-refractivity contribution in [3.05, 3.63) is 44.1 Å². The van der Waals surface area contributed by atoms with Crippen LogP contribution in [0, 0.1) is 5.92 Å². The molecule has 1 aromatic heterocycles. The average Bonchev–Trinajstić information content (AvgIpc) is 2.56. The van der Waals surface area contributed by atoms with E-state index in [0.717, 1.165) is 6.07 Å². The molecule has 0 aliphatic rings. The fourth-order valence-electron chi connectivity index (χ4n) is 2.42. The second-order valence-corrected chi connectivity index (χ2v) is 8.23. The molecule has 0 amide bonds. The number of aromatic nitrogens is 2. The number of alkyl halides is 3. The molecule has 0 bridgehead atoms. The number of nitrogens with zero attached hydrogens (tertiary/aromatic N) is 1. The van der Waals surface area contributed by atoms with E-state index < -0.39 is 61.9 Å². The Bertz CT molecular complexity index is 1090. The molecule has 8 nitrogen and oxygen atoms in total. The molecule has 2 rings (SSSR count). The highest BCUT2D eigenvalue weighted by Gasteiger charge is 2.36. The van der Waals surface area contributed by atoms with Crippen molar-refractivity contribution in [3.8, 4) is 0 Å². The summed E-state index contributed by atoms with van der Waals surface area (Å²) < 4.78 is 63.6. The molecule has 2 aromatic rings. The summed E-state index contributed by atoms with van der Waals surface area (Å²) in [5.41, 5.74) is -4.56. The van der Waals surface area contributed by atoms with Gasteiger partial charge in [-0.2, -0.15) is 17.8 Å². The third-order valence-corrected chi connectivity index (χ3v) is 5.15. The van der Waals surface area contributed by atoms with Crippen molar-refractivity contribution in [1.29, 1.82) is 0 Å². The van der Waals surface area contributed by atoms with Crippen LogP contribution in [-0.2, 0) is 16.2 Å². The van der Waals surface area contributed by atoms with Crippen LogP contribution in [0.3, 0.4) is 0 Å². The fraction of sp³-hybridized carbons (Fsp3) is 0.467. The maximum atomic E-state index is 13.4. The molecule has 1 atom stereocenters. The summed E-state index contributed by atoms with van der Waals surface area (Å²) in [5, 5.41) is 9.77. The highest BCUT2D eigenvalue weighted by Crippen LogP contribution is 2.38. The molecule has 0 radical (unpaired) electrons. The standard InChI is InChI=1S/C15H18F3N3O5S/c1-4-27(25,26)20-21-13(23)9-5-8(12(22)7(2)3)10(15(16,17)18)6-11(9)19-14(21)24/h5-7,12,20,22H,4H2,1-3H3,(H,19,24). The van der Waals surface area contributed by atoms with Gasteiger partial charge >= 0.3 is 11.9 Å². The first-order valence-electron chi connectivity index (χ1n) is 7.87. The minimum Gasteiger partial charge on any atom is -0.388 e. The smallest absolute Gasteiger partial charge is 0.388 e. The van der Waals surface area contributed by atoms with E-state index in [1.165, 1.54) is 20.8 Å². The molecule has 0 saturated heterocycles. The third kappa shape index (κ3) is 4.16. The lowest BCUT2D eigenvalue weighted by Crippen LogP contribution is -2.44. The molecule has 150 valence electrons. The Morgan fingerprint density at radius 3 is 2.33 bits per heavy atom. The Labute approximate surface area is 151 Å². The maximum Gasteiger partial charge on any atom is 0.416 e. The number of H-pyrrole nitrogens is 1. The van der Waals surface area contributed by atoms with E-state index in [-0.39, 0.29) is 10.1 Å². The molecule has 0 saturated carbocycles. The first kappa shape index (κ1) is 21.0. The number of sulfonamides is 1. The van der Waals surface area contributed by atoms with Gasteiger partial charge in [0.1, 0.15) is 0 Å². The molecule has 12 heteroatoms. The Hall–Kier alpha value is -2.34. The summed E-state index contributed by atoms with van der Waals surface area (Å²) in [4.78, 5) is 28.3. The Balaban J connectivity index is 2.88. The van der Waals surface area contributed by atoms with E-state index in [1.807, 2.05) is 0 Å². The van der Waals surface area contributed by atoms with Crippen LogP contribution in [0.4, 0.5) is 13.2 Å². The summed E-state index contributed by atoms with van der Waals surface area (Å²) in [5.74, 6) is -1.02. The van der Waals surface area contributed by atoms with Gasteiger partial charge < -0.3 is 10.1 Å². The molecule has 1 heterocycles. The summed E-state index contributed by atoms with van der Waals surface area (Å²) in [7, 11) is -3.99. The number of halogens is 3. The van der Waals surface area contributed by atoms with Crippen LogP contribution < -0.4 is 16.1 Å². The predicted octanol–water partition coefficient (Wildman–Crippen LogP) is 1.29. The van der Waals surface area contributed by atoms with E-state index in [1.54, 1.807) is 4.83 Å². The first-order chi connectivity index (χ1) is 12.3. The number of aliphatic hydroxyl groups is 1. The lowest BCUT2D eigenvalue weighted by atomic mass is 9.93. The topological polar surface area (TPSA) is 121 Å². The monoisotopic (exact) mass is 409 g/mol. The van der Waals surface area contributed by atoms with Gasteiger partial charge in [0.15, 0.2) is 0 Å². The summed E-state index contributed by atoms with van der Waals surface area (Å²) >= 11 is 0. The number of rotatable bonds is 5. The SMILES string of the molecule is CCS(=O)(=O)Nn1c(=O)[nH]c2cc(C(F)(F)F)c(C(O)C(C)C)cc2c1=O. The highest BCUT2D eigenvalue weighted by molar-refractivity contribution is 7.92. The first-order valence-corrected chi connectivity index (χ1v) is 9.52. The van der Waals surface area contributed by atoms with Crippen molar-refractivity contribution < 1.29 is 26.7 Å². The lowest BCUT2D eigenvalue weighted by molar-refractivity contribution is -0.139. The van der Waals surface area contributed by atoms with Gasteiger partial charge in [0.2, 0.25) is 10.0 Å². The Morgan fingerprint density at radius 1 is 1.26 bits per heavy atom. The fourth-order valence-corrected chi connectivity index (χ4v) is 2.99. The molecule has 0 aliphatic carbocycles. The van der Waals surface area contributed by atoms with Crippen molar-refractivity contribution in [2.75, 3.05) is 10.6 Å². The quantitative estimate of drug-likeness (QED) is 0.687. The number of hydrogen-bond donors (Lipinski definition) is 3. The van der Waals surface area contributed by atoms with Gasteiger partial charge in [-0.1, -0.05) is 13.8 Å². The number of benzene rings is 1. The van der Waals surface area contributed by atoms with Crippen LogP contribution in [0.2, 0.25) is 0 Å². The maximum absolute atomic E-state index is 13.4. The molecule has 0 aliphatic heterocycles. The summed E-state index contributed by atoms with van der Waals surface area (Å²) in [6, 6.07) is 1.37. The Morgan fingerprint density at radius 2 is 1.85 bits per heavy atom. The van der Waals surface area contributed by atoms with Crippen molar-refractivity contribution in [2.24, 2.45) is 5.92 Å². The van der Waals surface area contributed by atoms with Gasteiger partial charge in [-0.05, 0) is 30.5 Å². The largest absolute Gasteiger partial charge is 0.416 e. The number of hydrogen-bond acceptors (Lipinski definition) is 5. The van der Waals surface area contributed by atoms with E-state index in [9.17, 15) is 36.3 Å². The second kappa shape index (κ2) is 7.00. The minimum absolute atomic E-state index is 0.167. The third-order valence-electron chi connectivity index (χ3n) is 3.93. The number of aliphatic hydroxyl groups excluding tert-OH is 1. The molecular weight excluding hydrogens is 391 g/mol. The van der Waals surface area contributed by atoms with Gasteiger partial charge in [0, 0.05) is 0 Å². The summed E-state index contributed by atoms with van der Waals surface area (Å²) in [6.07, 6.45) is -6.37. The van der Waals surface area contributed by atoms with E-state index in [2.05, 4.69) is 4.98 Å². The van der Waals surface area contributed by atoms with Crippen molar-refractivity contribution >= 4 is 20.9 Å². The highest BCUT2D eigenvalue weighted by atomic mass is 32.2. The van der Waals surface area contributed by atoms with Crippen LogP contribution in [-0.4, -0.2) is 28.9 Å². The molecule has 1 aromatic carbocycles. The van der Waals surface area contributed by atoms with Crippen molar-refractivity contribution in [3.63, 3.8) is 0 Å². The molecule has 0 fully saturated rings. The summed E-state index contributed by atoms with van der Waals surface area (Å²) in [6.45, 7) is 4.26. The zero-order valence-electron chi connectivity index (χ0n) is 14.6. The molecule has 0 spiro atoms. The number of aromatic amines is 1. The van der Waals surface area contributed by atoms with Crippen molar-refractivity contribution in [1.82, 2.24) is 9.66 Å². The molecular formula is C15H18F3N3O5S. The van der Waals surface area contributed by atoms with Gasteiger partial charge in [-0.3, -0.25) is 4.79 Å². The predicted molar refractivity (Wildman–Crippen MR) is 92.5 cm³/mol. The lowest BCUT2D eigenvalue weighted by Gasteiger charge is -2.21. The Kier molecular flexibility index (Phi) is 5.44. The normalized spacial score (nSPS) is 13.9. The van der Waals surface area contributed by atoms with Gasteiger partial charge in [0.05, 0.1) is 28.3 Å². The van der Waals surface area contributed by atoms with Crippen LogP contribution in [0.25, 0.3) is 10.9 Å². The van der Waals surface area contributed by atoms with Crippen LogP contribution in [0.5, 0.6) is 0 Å². The average molecular weight is 409 g/mol. The number of nitrogens with one attached hydrogen (secondary N) is 2. The zero-order chi connectivity index (χ0) is 20.7. The van der Waals surface area contributed by atoms with Crippen LogP contribution in [0.1, 0.15) is 38.0 Å². The second-order valence-electron chi connectivity index (χ2n) is 6.24. The van der Waals surface area contributed by atoms with Gasteiger partial charge in [-0.15, -0.1) is 0 Å². The van der Waals surface area contributed by atoms with E-state index in [4.69, 9.17) is 0 Å². The van der Waals surface area contributed by atoms with Gasteiger partial charge in [0.25, 0.3) is 5.56 Å². The number of fused-ring (bicyclic) bond motifs is 1. The van der Waals surface area contributed by atoms with Crippen LogP contribution >= 0.6 is 0 Å². The van der Waals surface area contributed by atoms with E-state index >= 15 is 0 Å². The molecule has 27 heavy (non-hydrogen) atoms. The zero-order valence-corrected chi connectivity index (χ0v) is 15.4. The van der Waals surface area contributed by atoms with Crippen LogP contribution in [0.15, 0.2) is 21.7 Å². The van der Waals surface area contributed by atoms with E-state index in [0.29, 0.717) is 6.07 Å². The van der Waals surface area contributed by atoms with Crippen molar-refractivity contribution in [2.45, 2.75) is 33.1 Å².